The second kappa shape index (κ2) is 11.2. The molecule has 1 N–H and O–H groups in total. The molecular weight excluding hydrogens is 503 g/mol. The van der Waals surface area contributed by atoms with E-state index in [0.29, 0.717) is 16.5 Å². The summed E-state index contributed by atoms with van der Waals surface area (Å²) in [5.41, 5.74) is 8.61. The number of hydrogen-bond donors (Lipinski definition) is 1. The maximum Gasteiger partial charge on any atom is 0.299 e. The number of halogens is 2. The van der Waals surface area contributed by atoms with Crippen LogP contribution in [-0.2, 0) is 6.42 Å². The quantitative estimate of drug-likeness (QED) is 0.312. The van der Waals surface area contributed by atoms with Gasteiger partial charge in [-0.2, -0.15) is 5.10 Å². The van der Waals surface area contributed by atoms with E-state index < -0.39 is 0 Å². The number of methoxy groups -OCH3 is 1. The molecule has 6 nitrogen and oxygen atoms in total. The van der Waals surface area contributed by atoms with Gasteiger partial charge in [-0.3, -0.25) is 4.79 Å². The number of nitrogens with one attached hydrogen (secondary N) is 1. The van der Waals surface area contributed by atoms with Gasteiger partial charge in [-0.25, -0.2) is 10.4 Å². The molecule has 0 fully saturated rings. The van der Waals surface area contributed by atoms with Gasteiger partial charge in [0.05, 0.1) is 23.5 Å². The molecule has 2 aliphatic heterocycles. The summed E-state index contributed by atoms with van der Waals surface area (Å²) in [6.07, 6.45) is 1.96. The van der Waals surface area contributed by atoms with Crippen LogP contribution in [0.3, 0.4) is 0 Å². The smallest absolute Gasteiger partial charge is 0.299 e. The number of carbonyl (C=O) groups excluding carboxylic acids is 1. The van der Waals surface area contributed by atoms with Crippen molar-refractivity contribution in [3.8, 4) is 5.75 Å². The number of fused-ring (bicyclic) bond motifs is 1. The molecule has 3 aromatic rings. The van der Waals surface area contributed by atoms with Gasteiger partial charge in [0.15, 0.2) is 0 Å². The van der Waals surface area contributed by atoms with E-state index in [1.54, 1.807) is 7.11 Å². The van der Waals surface area contributed by atoms with E-state index in [2.05, 4.69) is 33.6 Å². The Balaban J connectivity index is 0.00000289. The van der Waals surface area contributed by atoms with Crippen LogP contribution in [0.15, 0.2) is 76.8 Å². The summed E-state index contributed by atoms with van der Waals surface area (Å²) in [5.74, 6) is 2.04. The Labute approximate surface area is 219 Å². The van der Waals surface area contributed by atoms with Gasteiger partial charge in [0, 0.05) is 23.5 Å². The Kier molecular flexibility index (Phi) is 8.00. The number of hydrazone groups is 1. The van der Waals surface area contributed by atoms with Gasteiger partial charge >= 0.3 is 0 Å². The van der Waals surface area contributed by atoms with Crippen molar-refractivity contribution < 1.29 is 9.53 Å². The average Bonchev–Trinajstić information content (AvgIpc) is 2.88. The van der Waals surface area contributed by atoms with Crippen molar-refractivity contribution in [2.24, 2.45) is 10.1 Å². The molecule has 0 atom stereocenters. The second-order valence-corrected chi connectivity index (χ2v) is 9.32. The molecule has 0 bridgehead atoms. The SMILES string of the molecule is COc1ccc(C(=Nc2ccccc2)N2CCCc3cc(C4=NNC(=O)SC4)ccc32)cc1Cl.Cl. The van der Waals surface area contributed by atoms with E-state index in [1.165, 1.54) is 17.3 Å². The predicted molar refractivity (Wildman–Crippen MR) is 148 cm³/mol. The fraction of sp³-hybridized carbons (Fsp3) is 0.192. The minimum atomic E-state index is -0.118. The van der Waals surface area contributed by atoms with Gasteiger partial charge in [-0.05, 0) is 66.4 Å². The third kappa shape index (κ3) is 5.48. The predicted octanol–water partition coefficient (Wildman–Crippen LogP) is 6.46. The fourth-order valence-electron chi connectivity index (χ4n) is 4.17. The Hall–Kier alpha value is -3.00. The number of hydrogen-bond acceptors (Lipinski definition) is 5. The van der Waals surface area contributed by atoms with Crippen LogP contribution >= 0.6 is 35.8 Å². The largest absolute Gasteiger partial charge is 0.495 e. The molecule has 9 heteroatoms. The number of amidine groups is 1. The molecule has 0 saturated heterocycles. The van der Waals surface area contributed by atoms with Crippen LogP contribution in [0.2, 0.25) is 5.02 Å². The summed E-state index contributed by atoms with van der Waals surface area (Å²) in [6.45, 7) is 0.842. The average molecular weight is 527 g/mol. The zero-order valence-corrected chi connectivity index (χ0v) is 21.4. The van der Waals surface area contributed by atoms with Gasteiger partial charge < -0.3 is 9.64 Å². The minimum absolute atomic E-state index is 0. The number of nitrogens with zero attached hydrogens (tertiary/aromatic N) is 3. The number of rotatable bonds is 4. The van der Waals surface area contributed by atoms with Crippen LogP contribution < -0.4 is 15.1 Å². The summed E-state index contributed by atoms with van der Waals surface area (Å²) in [4.78, 5) is 18.7. The summed E-state index contributed by atoms with van der Waals surface area (Å²) in [7, 11) is 1.61. The van der Waals surface area contributed by atoms with Crippen LogP contribution in [-0.4, -0.2) is 36.2 Å². The molecule has 3 aromatic carbocycles. The number of benzene rings is 3. The summed E-state index contributed by atoms with van der Waals surface area (Å²) >= 11 is 7.72. The van der Waals surface area contributed by atoms with Crippen LogP contribution in [0.25, 0.3) is 0 Å². The molecule has 1 amide bonds. The number of ether oxygens (including phenoxy) is 1. The molecule has 180 valence electrons. The highest BCUT2D eigenvalue weighted by molar-refractivity contribution is 8.14. The number of aliphatic imine (C=N–C) groups is 1. The molecule has 0 aliphatic carbocycles. The minimum Gasteiger partial charge on any atom is -0.495 e. The van der Waals surface area contributed by atoms with Gasteiger partial charge in [-0.1, -0.05) is 47.6 Å². The molecule has 35 heavy (non-hydrogen) atoms. The van der Waals surface area contributed by atoms with Gasteiger partial charge in [0.25, 0.3) is 5.24 Å². The first-order valence-electron chi connectivity index (χ1n) is 11.0. The number of carbonyl (C=O) groups is 1. The van der Waals surface area contributed by atoms with Crippen molar-refractivity contribution in [3.63, 3.8) is 0 Å². The zero-order valence-electron chi connectivity index (χ0n) is 19.0. The highest BCUT2D eigenvalue weighted by Gasteiger charge is 2.24. The van der Waals surface area contributed by atoms with Crippen molar-refractivity contribution in [2.45, 2.75) is 12.8 Å². The molecule has 2 aliphatic rings. The lowest BCUT2D eigenvalue weighted by Gasteiger charge is -2.33. The molecule has 2 heterocycles. The molecule has 0 unspecified atom stereocenters. The molecule has 0 aromatic heterocycles. The highest BCUT2D eigenvalue weighted by Crippen LogP contribution is 2.33. The van der Waals surface area contributed by atoms with Crippen LogP contribution in [0.1, 0.15) is 23.1 Å². The maximum absolute atomic E-state index is 11.4. The third-order valence-electron chi connectivity index (χ3n) is 5.81. The number of para-hydroxylation sites is 1. The lowest BCUT2D eigenvalue weighted by atomic mass is 9.97. The first kappa shape index (κ1) is 25.1. The first-order valence-corrected chi connectivity index (χ1v) is 12.4. The van der Waals surface area contributed by atoms with Crippen molar-refractivity contribution in [1.29, 1.82) is 0 Å². The van der Waals surface area contributed by atoms with Crippen LogP contribution in [0, 0.1) is 0 Å². The third-order valence-corrected chi connectivity index (χ3v) is 6.88. The second-order valence-electron chi connectivity index (χ2n) is 7.97. The maximum atomic E-state index is 11.4. The van der Waals surface area contributed by atoms with E-state index in [9.17, 15) is 4.79 Å². The van der Waals surface area contributed by atoms with E-state index in [0.717, 1.165) is 53.4 Å². The molecule has 0 saturated carbocycles. The zero-order chi connectivity index (χ0) is 23.5. The van der Waals surface area contributed by atoms with E-state index >= 15 is 0 Å². The number of thioether (sulfide) groups is 1. The van der Waals surface area contributed by atoms with Crippen molar-refractivity contribution in [1.82, 2.24) is 5.43 Å². The Morgan fingerprint density at radius 3 is 2.69 bits per heavy atom. The van der Waals surface area contributed by atoms with Crippen LogP contribution in [0.5, 0.6) is 5.75 Å². The monoisotopic (exact) mass is 526 g/mol. The summed E-state index contributed by atoms with van der Waals surface area (Å²) in [6, 6.07) is 22.1. The number of anilines is 1. The Morgan fingerprint density at radius 2 is 1.97 bits per heavy atom. The Morgan fingerprint density at radius 1 is 1.14 bits per heavy atom. The highest BCUT2D eigenvalue weighted by atomic mass is 35.5. The molecule has 5 rings (SSSR count). The van der Waals surface area contributed by atoms with Crippen molar-refractivity contribution in [3.05, 3.63) is 88.4 Å². The topological polar surface area (TPSA) is 66.3 Å². The van der Waals surface area contributed by atoms with E-state index in [-0.39, 0.29) is 17.6 Å². The van der Waals surface area contributed by atoms with Crippen molar-refractivity contribution >= 4 is 63.9 Å². The summed E-state index contributed by atoms with van der Waals surface area (Å²) < 4.78 is 5.35. The first-order chi connectivity index (χ1) is 16.6. The Bertz CT molecular complexity index is 1300. The fourth-order valence-corrected chi connectivity index (χ4v) is 5.03. The van der Waals surface area contributed by atoms with E-state index in [4.69, 9.17) is 21.3 Å². The van der Waals surface area contributed by atoms with Gasteiger partial charge in [0.2, 0.25) is 0 Å². The number of aryl methyl sites for hydroxylation is 1. The molecular formula is C26H24Cl2N4O2S. The lowest BCUT2D eigenvalue weighted by Crippen LogP contribution is -2.36. The molecule has 0 spiro atoms. The number of amides is 1. The normalized spacial score (nSPS) is 15.5. The lowest BCUT2D eigenvalue weighted by molar-refractivity contribution is 0.261. The summed E-state index contributed by atoms with van der Waals surface area (Å²) in [5, 5.41) is 4.67. The van der Waals surface area contributed by atoms with Crippen LogP contribution in [0.4, 0.5) is 16.2 Å². The van der Waals surface area contributed by atoms with Crippen molar-refractivity contribution in [2.75, 3.05) is 24.3 Å². The van der Waals surface area contributed by atoms with E-state index in [1.807, 2.05) is 48.5 Å². The van der Waals surface area contributed by atoms with Gasteiger partial charge in [-0.15, -0.1) is 12.4 Å². The standard InChI is InChI=1S/C26H23ClN4O2S.ClH/c1-33-24-12-10-19(15-21(24)27)25(28-20-7-3-2-4-8-20)31-13-5-6-18-14-17(9-11-23(18)31)22-16-34-26(32)30-29-22;/h2-4,7-12,14-15H,5-6,13,16H2,1H3,(H,30,32);1H. The van der Waals surface area contributed by atoms with Gasteiger partial charge in [0.1, 0.15) is 11.6 Å². The molecule has 0 radical (unpaired) electrons.